The highest BCUT2D eigenvalue weighted by molar-refractivity contribution is 4.99. The van der Waals surface area contributed by atoms with E-state index in [4.69, 9.17) is 0 Å². The van der Waals surface area contributed by atoms with Crippen LogP contribution in [0, 0.1) is 10.8 Å². The van der Waals surface area contributed by atoms with Gasteiger partial charge in [0.05, 0.1) is 0 Å². The molecular formula is C18H34N2. The third kappa shape index (κ3) is 3.22. The van der Waals surface area contributed by atoms with Gasteiger partial charge in [-0.3, -0.25) is 4.90 Å². The lowest BCUT2D eigenvalue weighted by Gasteiger charge is -2.46. The Morgan fingerprint density at radius 3 is 2.30 bits per heavy atom. The molecule has 2 aliphatic heterocycles. The Hall–Kier alpha value is -0.0800. The van der Waals surface area contributed by atoms with Crippen molar-refractivity contribution in [2.24, 2.45) is 10.8 Å². The van der Waals surface area contributed by atoms with Gasteiger partial charge >= 0.3 is 0 Å². The van der Waals surface area contributed by atoms with E-state index >= 15 is 0 Å². The van der Waals surface area contributed by atoms with Crippen molar-refractivity contribution < 1.29 is 0 Å². The van der Waals surface area contributed by atoms with Crippen LogP contribution < -0.4 is 5.32 Å². The zero-order valence-electron chi connectivity index (χ0n) is 14.0. The second-order valence-corrected chi connectivity index (χ2v) is 9.27. The molecule has 0 bridgehead atoms. The summed E-state index contributed by atoms with van der Waals surface area (Å²) in [6.07, 6.45) is 9.77. The zero-order chi connectivity index (χ0) is 14.4. The van der Waals surface area contributed by atoms with Crippen molar-refractivity contribution in [3.05, 3.63) is 0 Å². The van der Waals surface area contributed by atoms with Gasteiger partial charge in [-0.25, -0.2) is 0 Å². The number of hydrogen-bond acceptors (Lipinski definition) is 2. The normalized spacial score (nSPS) is 37.8. The molecule has 2 heterocycles. The van der Waals surface area contributed by atoms with E-state index in [0.717, 1.165) is 18.1 Å². The van der Waals surface area contributed by atoms with E-state index in [1.165, 1.54) is 58.0 Å². The Bertz CT molecular complexity index is 331. The van der Waals surface area contributed by atoms with E-state index < -0.39 is 0 Å². The lowest BCUT2D eigenvalue weighted by atomic mass is 9.63. The summed E-state index contributed by atoms with van der Waals surface area (Å²) in [5.74, 6) is 0. The first-order valence-electron chi connectivity index (χ1n) is 8.85. The molecule has 3 rings (SSSR count). The van der Waals surface area contributed by atoms with Gasteiger partial charge in [-0.05, 0) is 55.9 Å². The lowest BCUT2D eigenvalue weighted by molar-refractivity contribution is 0.0749. The molecule has 2 heteroatoms. The molecule has 1 N–H and O–H groups in total. The molecule has 1 saturated carbocycles. The number of nitrogens with one attached hydrogen (secondary N) is 1. The first-order valence-corrected chi connectivity index (χ1v) is 8.85. The molecule has 2 saturated heterocycles. The molecule has 20 heavy (non-hydrogen) atoms. The molecule has 1 aliphatic carbocycles. The Kier molecular flexibility index (Phi) is 3.92. The number of hydrogen-bond donors (Lipinski definition) is 1. The first kappa shape index (κ1) is 14.8. The summed E-state index contributed by atoms with van der Waals surface area (Å²) in [7, 11) is 0. The van der Waals surface area contributed by atoms with Gasteiger partial charge in [-0.2, -0.15) is 0 Å². The minimum atomic E-state index is 0.504. The van der Waals surface area contributed by atoms with E-state index in [2.05, 4.69) is 37.9 Å². The summed E-state index contributed by atoms with van der Waals surface area (Å²) in [6.45, 7) is 12.5. The fourth-order valence-electron chi connectivity index (χ4n) is 5.71. The van der Waals surface area contributed by atoms with Crippen LogP contribution >= 0.6 is 0 Å². The van der Waals surface area contributed by atoms with Gasteiger partial charge in [0.2, 0.25) is 0 Å². The fraction of sp³-hybridized carbons (Fsp3) is 1.00. The summed E-state index contributed by atoms with van der Waals surface area (Å²) < 4.78 is 0. The van der Waals surface area contributed by atoms with E-state index in [1.54, 1.807) is 0 Å². The Morgan fingerprint density at radius 2 is 1.60 bits per heavy atom. The molecular weight excluding hydrogens is 244 g/mol. The molecule has 0 aromatic heterocycles. The molecule has 0 amide bonds. The second kappa shape index (κ2) is 5.28. The van der Waals surface area contributed by atoms with Crippen molar-refractivity contribution in [2.75, 3.05) is 13.1 Å². The SMILES string of the molecule is CC1(C)CC(NC2CCN3CCCCC23)CC(C)(C)C1. The van der Waals surface area contributed by atoms with E-state index in [0.29, 0.717) is 10.8 Å². The molecule has 2 unspecified atom stereocenters. The second-order valence-electron chi connectivity index (χ2n) is 9.27. The highest BCUT2D eigenvalue weighted by Gasteiger charge is 2.41. The topological polar surface area (TPSA) is 15.3 Å². The van der Waals surface area contributed by atoms with Gasteiger partial charge in [0.25, 0.3) is 0 Å². The molecule has 0 radical (unpaired) electrons. The van der Waals surface area contributed by atoms with Gasteiger partial charge in [-0.1, -0.05) is 34.1 Å². The minimum absolute atomic E-state index is 0.504. The summed E-state index contributed by atoms with van der Waals surface area (Å²) in [6, 6.07) is 2.35. The van der Waals surface area contributed by atoms with Gasteiger partial charge in [0.1, 0.15) is 0 Å². The highest BCUT2D eigenvalue weighted by Crippen LogP contribution is 2.46. The van der Waals surface area contributed by atoms with E-state index in [-0.39, 0.29) is 0 Å². The molecule has 0 aromatic carbocycles. The van der Waals surface area contributed by atoms with Crippen LogP contribution in [0.2, 0.25) is 0 Å². The van der Waals surface area contributed by atoms with E-state index in [1.807, 2.05) is 0 Å². The fourth-order valence-corrected chi connectivity index (χ4v) is 5.71. The Labute approximate surface area is 125 Å². The average molecular weight is 278 g/mol. The molecule has 3 aliphatic rings. The quantitative estimate of drug-likeness (QED) is 0.826. The van der Waals surface area contributed by atoms with Crippen LogP contribution in [0.1, 0.15) is 72.6 Å². The first-order chi connectivity index (χ1) is 9.35. The molecule has 0 spiro atoms. The van der Waals surface area contributed by atoms with Crippen molar-refractivity contribution in [1.29, 1.82) is 0 Å². The van der Waals surface area contributed by atoms with Gasteiger partial charge in [-0.15, -0.1) is 0 Å². The number of piperidine rings is 1. The largest absolute Gasteiger partial charge is 0.310 e. The van der Waals surface area contributed by atoms with Gasteiger partial charge < -0.3 is 5.32 Å². The summed E-state index contributed by atoms with van der Waals surface area (Å²) in [4.78, 5) is 2.75. The summed E-state index contributed by atoms with van der Waals surface area (Å²) in [5.41, 5.74) is 1.01. The molecule has 0 aromatic rings. The van der Waals surface area contributed by atoms with Crippen LogP contribution in [0.3, 0.4) is 0 Å². The van der Waals surface area contributed by atoms with Crippen LogP contribution in [0.5, 0.6) is 0 Å². The standard InChI is InChI=1S/C18H34N2/c1-17(2)11-14(12-18(3,4)13-17)19-15-8-10-20-9-6-5-7-16(15)20/h14-16,19H,5-13H2,1-4H3. The smallest absolute Gasteiger partial charge is 0.0249 e. The number of nitrogens with zero attached hydrogens (tertiary/aromatic N) is 1. The summed E-state index contributed by atoms with van der Waals surface area (Å²) >= 11 is 0. The van der Waals surface area contributed by atoms with Crippen LogP contribution in [0.15, 0.2) is 0 Å². The monoisotopic (exact) mass is 278 g/mol. The van der Waals surface area contributed by atoms with Crippen molar-refractivity contribution in [1.82, 2.24) is 10.2 Å². The van der Waals surface area contributed by atoms with Crippen LogP contribution in [0.4, 0.5) is 0 Å². The zero-order valence-corrected chi connectivity index (χ0v) is 14.0. The maximum Gasteiger partial charge on any atom is 0.0249 e. The third-order valence-corrected chi connectivity index (χ3v) is 5.86. The maximum atomic E-state index is 4.09. The minimum Gasteiger partial charge on any atom is -0.310 e. The predicted octanol–water partition coefficient (Wildman–Crippen LogP) is 3.81. The Morgan fingerprint density at radius 1 is 0.900 bits per heavy atom. The lowest BCUT2D eigenvalue weighted by Crippen LogP contribution is -2.52. The van der Waals surface area contributed by atoms with Crippen LogP contribution in [-0.4, -0.2) is 36.1 Å². The van der Waals surface area contributed by atoms with E-state index in [9.17, 15) is 0 Å². The number of rotatable bonds is 2. The molecule has 2 atom stereocenters. The van der Waals surface area contributed by atoms with Crippen molar-refractivity contribution in [3.8, 4) is 0 Å². The molecule has 116 valence electrons. The van der Waals surface area contributed by atoms with Crippen molar-refractivity contribution >= 4 is 0 Å². The summed E-state index contributed by atoms with van der Waals surface area (Å²) in [5, 5.41) is 4.09. The van der Waals surface area contributed by atoms with Gasteiger partial charge in [0, 0.05) is 24.7 Å². The highest BCUT2D eigenvalue weighted by atomic mass is 15.2. The average Bonchev–Trinajstić information content (AvgIpc) is 2.69. The van der Waals surface area contributed by atoms with Gasteiger partial charge in [0.15, 0.2) is 0 Å². The maximum absolute atomic E-state index is 4.09. The number of fused-ring (bicyclic) bond motifs is 1. The van der Waals surface area contributed by atoms with Crippen molar-refractivity contribution in [2.45, 2.75) is 90.8 Å². The van der Waals surface area contributed by atoms with Crippen molar-refractivity contribution in [3.63, 3.8) is 0 Å². The Balaban J connectivity index is 1.62. The molecule has 3 fully saturated rings. The van der Waals surface area contributed by atoms with Crippen LogP contribution in [0.25, 0.3) is 0 Å². The van der Waals surface area contributed by atoms with Crippen LogP contribution in [-0.2, 0) is 0 Å². The molecule has 2 nitrogen and oxygen atoms in total. The predicted molar refractivity (Wildman–Crippen MR) is 86.0 cm³/mol. The third-order valence-electron chi connectivity index (χ3n) is 5.86.